The van der Waals surface area contributed by atoms with Crippen LogP contribution in [0, 0.1) is 11.8 Å². The van der Waals surface area contributed by atoms with Gasteiger partial charge in [-0.2, -0.15) is 0 Å². The second-order valence-electron chi connectivity index (χ2n) is 3.69. The van der Waals surface area contributed by atoms with Gasteiger partial charge in [-0.3, -0.25) is 0 Å². The van der Waals surface area contributed by atoms with E-state index in [1.165, 1.54) is 19.4 Å². The van der Waals surface area contributed by atoms with Crippen LogP contribution >= 0.6 is 0 Å². The first kappa shape index (κ1) is 8.06. The maximum atomic E-state index is 3.51. The van der Waals surface area contributed by atoms with Gasteiger partial charge in [0.05, 0.1) is 0 Å². The van der Waals surface area contributed by atoms with Crippen LogP contribution in [0.5, 0.6) is 0 Å². The summed E-state index contributed by atoms with van der Waals surface area (Å²) < 4.78 is 0. The minimum Gasteiger partial charge on any atom is -0.314 e. The molecule has 1 N–H and O–H groups in total. The van der Waals surface area contributed by atoms with Gasteiger partial charge in [0, 0.05) is 6.04 Å². The summed E-state index contributed by atoms with van der Waals surface area (Å²) >= 11 is 0. The van der Waals surface area contributed by atoms with E-state index in [1.54, 1.807) is 0 Å². The summed E-state index contributed by atoms with van der Waals surface area (Å²) in [7, 11) is 0. The van der Waals surface area contributed by atoms with Crippen molar-refractivity contribution in [1.29, 1.82) is 0 Å². The highest BCUT2D eigenvalue weighted by molar-refractivity contribution is 4.78. The minimum absolute atomic E-state index is 0.748. The number of rotatable bonds is 1. The average molecular weight is 141 g/mol. The minimum atomic E-state index is 0.748. The molecule has 1 saturated heterocycles. The maximum Gasteiger partial charge on any atom is 0.00414 e. The molecule has 0 aromatic rings. The fourth-order valence-corrected chi connectivity index (χ4v) is 1.93. The molecular weight excluding hydrogens is 122 g/mol. The van der Waals surface area contributed by atoms with Gasteiger partial charge < -0.3 is 5.32 Å². The van der Waals surface area contributed by atoms with E-state index in [9.17, 15) is 0 Å². The highest BCUT2D eigenvalue weighted by Gasteiger charge is 2.22. The molecular formula is C9H19N. The van der Waals surface area contributed by atoms with E-state index in [0.29, 0.717) is 0 Å². The third-order valence-corrected chi connectivity index (χ3v) is 2.78. The largest absolute Gasteiger partial charge is 0.314 e. The van der Waals surface area contributed by atoms with Gasteiger partial charge >= 0.3 is 0 Å². The zero-order chi connectivity index (χ0) is 7.56. The Morgan fingerprint density at radius 1 is 1.40 bits per heavy atom. The van der Waals surface area contributed by atoms with Gasteiger partial charge in [0.1, 0.15) is 0 Å². The molecule has 0 aromatic carbocycles. The number of nitrogens with one attached hydrogen (secondary N) is 1. The summed E-state index contributed by atoms with van der Waals surface area (Å²) in [4.78, 5) is 0. The molecule has 1 heteroatoms. The highest BCUT2D eigenvalue weighted by Crippen LogP contribution is 2.23. The molecule has 1 nitrogen and oxygen atoms in total. The van der Waals surface area contributed by atoms with Crippen molar-refractivity contribution in [2.45, 2.75) is 39.7 Å². The zero-order valence-corrected chi connectivity index (χ0v) is 7.35. The highest BCUT2D eigenvalue weighted by atomic mass is 14.9. The van der Waals surface area contributed by atoms with Gasteiger partial charge in [-0.15, -0.1) is 0 Å². The first-order chi connectivity index (χ1) is 4.74. The van der Waals surface area contributed by atoms with E-state index < -0.39 is 0 Å². The SMILES string of the molecule is CCC1CN[C@@H](C)CC1C. The molecule has 0 aromatic heterocycles. The smallest absolute Gasteiger partial charge is 0.00414 e. The molecule has 0 aliphatic carbocycles. The Bertz CT molecular complexity index is 101. The Morgan fingerprint density at radius 2 is 2.10 bits per heavy atom. The fraction of sp³-hybridized carbons (Fsp3) is 1.00. The first-order valence-electron chi connectivity index (χ1n) is 4.47. The van der Waals surface area contributed by atoms with Gasteiger partial charge in [-0.1, -0.05) is 20.3 Å². The van der Waals surface area contributed by atoms with Crippen molar-refractivity contribution in [1.82, 2.24) is 5.32 Å². The lowest BCUT2D eigenvalue weighted by molar-refractivity contribution is 0.228. The summed E-state index contributed by atoms with van der Waals surface area (Å²) in [6, 6.07) is 0.748. The number of hydrogen-bond donors (Lipinski definition) is 1. The third kappa shape index (κ3) is 1.72. The van der Waals surface area contributed by atoms with E-state index in [0.717, 1.165) is 17.9 Å². The number of piperidine rings is 1. The van der Waals surface area contributed by atoms with Crippen LogP contribution in [0.4, 0.5) is 0 Å². The molecule has 1 aliphatic rings. The first-order valence-corrected chi connectivity index (χ1v) is 4.47. The van der Waals surface area contributed by atoms with Crippen molar-refractivity contribution in [3.8, 4) is 0 Å². The topological polar surface area (TPSA) is 12.0 Å². The molecule has 10 heavy (non-hydrogen) atoms. The summed E-state index contributed by atoms with van der Waals surface area (Å²) in [5.41, 5.74) is 0. The molecule has 0 radical (unpaired) electrons. The maximum absolute atomic E-state index is 3.51. The predicted molar refractivity (Wildman–Crippen MR) is 45.0 cm³/mol. The van der Waals surface area contributed by atoms with Gasteiger partial charge in [0.15, 0.2) is 0 Å². The second kappa shape index (κ2) is 3.38. The summed E-state index contributed by atoms with van der Waals surface area (Å²) in [6.07, 6.45) is 2.69. The van der Waals surface area contributed by atoms with Crippen LogP contribution in [0.2, 0.25) is 0 Å². The van der Waals surface area contributed by atoms with Gasteiger partial charge in [-0.25, -0.2) is 0 Å². The molecule has 0 bridgehead atoms. The lowest BCUT2D eigenvalue weighted by Crippen LogP contribution is -2.41. The molecule has 0 saturated carbocycles. The van der Waals surface area contributed by atoms with Crippen molar-refractivity contribution >= 4 is 0 Å². The average Bonchev–Trinajstić information content (AvgIpc) is 1.88. The zero-order valence-electron chi connectivity index (χ0n) is 7.35. The van der Waals surface area contributed by atoms with Crippen molar-refractivity contribution in [3.05, 3.63) is 0 Å². The Hall–Kier alpha value is -0.0400. The number of hydrogen-bond acceptors (Lipinski definition) is 1. The summed E-state index contributed by atoms with van der Waals surface area (Å²) in [5, 5.41) is 3.51. The quantitative estimate of drug-likeness (QED) is 0.589. The molecule has 1 rings (SSSR count). The van der Waals surface area contributed by atoms with Crippen LogP contribution in [-0.4, -0.2) is 12.6 Å². The monoisotopic (exact) mass is 141 g/mol. The van der Waals surface area contributed by atoms with E-state index in [4.69, 9.17) is 0 Å². The van der Waals surface area contributed by atoms with Crippen LogP contribution in [0.25, 0.3) is 0 Å². The van der Waals surface area contributed by atoms with Gasteiger partial charge in [0.25, 0.3) is 0 Å². The van der Waals surface area contributed by atoms with Gasteiger partial charge in [-0.05, 0) is 31.7 Å². The van der Waals surface area contributed by atoms with Crippen LogP contribution in [0.3, 0.4) is 0 Å². The van der Waals surface area contributed by atoms with E-state index in [2.05, 4.69) is 26.1 Å². The molecule has 60 valence electrons. The van der Waals surface area contributed by atoms with E-state index >= 15 is 0 Å². The Morgan fingerprint density at radius 3 is 2.60 bits per heavy atom. The predicted octanol–water partition coefficient (Wildman–Crippen LogP) is 2.03. The lowest BCUT2D eigenvalue weighted by Gasteiger charge is -2.32. The summed E-state index contributed by atoms with van der Waals surface area (Å²) in [6.45, 7) is 8.19. The third-order valence-electron chi connectivity index (χ3n) is 2.78. The van der Waals surface area contributed by atoms with E-state index in [1.807, 2.05) is 0 Å². The van der Waals surface area contributed by atoms with Crippen molar-refractivity contribution in [2.24, 2.45) is 11.8 Å². The van der Waals surface area contributed by atoms with Crippen molar-refractivity contribution in [2.75, 3.05) is 6.54 Å². The Labute approximate surface area is 64.2 Å². The van der Waals surface area contributed by atoms with Crippen LogP contribution in [0.1, 0.15) is 33.6 Å². The molecule has 1 aliphatic heterocycles. The van der Waals surface area contributed by atoms with Crippen molar-refractivity contribution in [3.63, 3.8) is 0 Å². The summed E-state index contributed by atoms with van der Waals surface area (Å²) in [5.74, 6) is 1.86. The fourth-order valence-electron chi connectivity index (χ4n) is 1.93. The van der Waals surface area contributed by atoms with Crippen LogP contribution < -0.4 is 5.32 Å². The molecule has 2 unspecified atom stereocenters. The van der Waals surface area contributed by atoms with Crippen LogP contribution in [-0.2, 0) is 0 Å². The molecule has 1 fully saturated rings. The molecule has 3 atom stereocenters. The molecule has 0 spiro atoms. The lowest BCUT2D eigenvalue weighted by atomic mass is 9.83. The second-order valence-corrected chi connectivity index (χ2v) is 3.69. The van der Waals surface area contributed by atoms with Crippen LogP contribution in [0.15, 0.2) is 0 Å². The Balaban J connectivity index is 2.36. The molecule has 1 heterocycles. The van der Waals surface area contributed by atoms with E-state index in [-0.39, 0.29) is 0 Å². The Kier molecular flexibility index (Phi) is 2.72. The normalized spacial score (nSPS) is 41.7. The van der Waals surface area contributed by atoms with Gasteiger partial charge in [0.2, 0.25) is 0 Å². The standard InChI is InChI=1S/C9H19N/c1-4-9-6-10-8(3)5-7(9)2/h7-10H,4-6H2,1-3H3/t7?,8-,9?/m0/s1. The van der Waals surface area contributed by atoms with Crippen molar-refractivity contribution < 1.29 is 0 Å². The molecule has 0 amide bonds.